The minimum atomic E-state index is -0.102. The second-order valence-corrected chi connectivity index (χ2v) is 8.49. The summed E-state index contributed by atoms with van der Waals surface area (Å²) in [6, 6.07) is 20.5. The number of Topliss-reactive ketones (excluding diaryl/α,β-unsaturated/α-hetero) is 1. The average molecular weight is 461 g/mol. The number of methoxy groups -OCH3 is 1. The Labute approximate surface area is 197 Å². The number of nitrogens with zero attached hydrogens (tertiary/aromatic N) is 2. The first kappa shape index (κ1) is 22.8. The molecule has 0 aliphatic carbocycles. The Kier molecular flexibility index (Phi) is 7.22. The van der Waals surface area contributed by atoms with Crippen LogP contribution >= 0.6 is 11.8 Å². The number of ketones is 1. The zero-order valence-electron chi connectivity index (χ0n) is 18.5. The minimum absolute atomic E-state index is 0.0196. The molecule has 4 rings (SSSR count). The molecule has 1 saturated heterocycles. The molecule has 0 radical (unpaired) electrons. The molecule has 0 atom stereocenters. The molecule has 2 aromatic carbocycles. The number of thioether (sulfide) groups is 1. The van der Waals surface area contributed by atoms with Gasteiger partial charge in [0.15, 0.2) is 11.0 Å². The lowest BCUT2D eigenvalue weighted by atomic mass is 10.1. The summed E-state index contributed by atoms with van der Waals surface area (Å²) < 4.78 is 11.1. The van der Waals surface area contributed by atoms with E-state index in [4.69, 9.17) is 9.15 Å². The fraction of sp³-hybridized carbons (Fsp3) is 0.192. The van der Waals surface area contributed by atoms with Crippen LogP contribution in [0.1, 0.15) is 29.5 Å². The van der Waals surface area contributed by atoms with Gasteiger partial charge in [0.1, 0.15) is 11.5 Å². The van der Waals surface area contributed by atoms with E-state index in [1.807, 2.05) is 54.6 Å². The number of benzene rings is 2. The number of amides is 1. The molecule has 1 amide bonds. The number of hydrogen-bond acceptors (Lipinski definition) is 6. The molecule has 1 aliphatic rings. The first-order chi connectivity index (χ1) is 16.0. The Morgan fingerprint density at radius 1 is 1.09 bits per heavy atom. The van der Waals surface area contributed by atoms with E-state index >= 15 is 0 Å². The van der Waals surface area contributed by atoms with Crippen molar-refractivity contribution in [3.8, 4) is 11.3 Å². The van der Waals surface area contributed by atoms with E-state index in [-0.39, 0.29) is 11.7 Å². The van der Waals surface area contributed by atoms with Crippen molar-refractivity contribution < 1.29 is 18.7 Å². The molecule has 3 aromatic rings. The summed E-state index contributed by atoms with van der Waals surface area (Å²) in [5.41, 5.74) is 2.31. The molecule has 168 valence electrons. The Balaban J connectivity index is 1.57. The van der Waals surface area contributed by atoms with Crippen molar-refractivity contribution >= 4 is 40.4 Å². The van der Waals surface area contributed by atoms with E-state index in [9.17, 15) is 9.59 Å². The quantitative estimate of drug-likeness (QED) is 0.242. The van der Waals surface area contributed by atoms with Gasteiger partial charge in [-0.15, -0.1) is 0 Å². The molecular weight excluding hydrogens is 436 g/mol. The summed E-state index contributed by atoms with van der Waals surface area (Å²) in [5.74, 6) is 1.16. The highest BCUT2D eigenvalue weighted by Crippen LogP contribution is 2.35. The summed E-state index contributed by atoms with van der Waals surface area (Å²) in [7, 11) is 1.65. The molecule has 7 heteroatoms. The van der Waals surface area contributed by atoms with Crippen molar-refractivity contribution in [2.75, 3.05) is 20.3 Å². The van der Waals surface area contributed by atoms with Gasteiger partial charge in [0.2, 0.25) is 0 Å². The molecule has 2 heterocycles. The third kappa shape index (κ3) is 5.50. The number of aliphatic imine (C=N–C) groups is 1. The van der Waals surface area contributed by atoms with Gasteiger partial charge in [0.25, 0.3) is 5.91 Å². The smallest absolute Gasteiger partial charge is 0.266 e. The Morgan fingerprint density at radius 3 is 2.55 bits per heavy atom. The second-order valence-electron chi connectivity index (χ2n) is 7.48. The highest BCUT2D eigenvalue weighted by Gasteiger charge is 2.33. The van der Waals surface area contributed by atoms with Crippen LogP contribution in [0.2, 0.25) is 0 Å². The normalized spacial score (nSPS) is 16.2. The third-order valence-corrected chi connectivity index (χ3v) is 6.08. The molecule has 1 aliphatic heterocycles. The number of furan rings is 1. The van der Waals surface area contributed by atoms with E-state index in [0.717, 1.165) is 11.3 Å². The van der Waals surface area contributed by atoms with Crippen LogP contribution < -0.4 is 0 Å². The van der Waals surface area contributed by atoms with Crippen molar-refractivity contribution in [1.82, 2.24) is 4.90 Å². The number of ether oxygens (including phenoxy) is 1. The van der Waals surface area contributed by atoms with E-state index < -0.39 is 0 Å². The van der Waals surface area contributed by atoms with Gasteiger partial charge in [-0.2, -0.15) is 0 Å². The molecule has 0 N–H and O–H groups in total. The Morgan fingerprint density at radius 2 is 1.85 bits per heavy atom. The van der Waals surface area contributed by atoms with E-state index in [1.54, 1.807) is 30.2 Å². The maximum absolute atomic E-state index is 13.1. The van der Waals surface area contributed by atoms with Gasteiger partial charge in [-0.3, -0.25) is 14.5 Å². The summed E-state index contributed by atoms with van der Waals surface area (Å²) in [5, 5.41) is 0.639. The number of rotatable bonds is 8. The van der Waals surface area contributed by atoms with E-state index in [2.05, 4.69) is 4.99 Å². The third-order valence-electron chi connectivity index (χ3n) is 5.08. The fourth-order valence-electron chi connectivity index (χ4n) is 3.35. The second kappa shape index (κ2) is 10.5. The Hall–Kier alpha value is -3.42. The lowest BCUT2D eigenvalue weighted by Crippen LogP contribution is -2.30. The number of carbonyl (C=O) groups excluding carboxylic acids is 2. The fourth-order valence-corrected chi connectivity index (χ4v) is 4.36. The van der Waals surface area contributed by atoms with Crippen LogP contribution in [-0.2, 0) is 9.53 Å². The van der Waals surface area contributed by atoms with Crippen molar-refractivity contribution in [1.29, 1.82) is 0 Å². The predicted octanol–water partition coefficient (Wildman–Crippen LogP) is 5.79. The molecule has 0 bridgehead atoms. The summed E-state index contributed by atoms with van der Waals surface area (Å²) in [6.45, 7) is 2.63. The first-order valence-corrected chi connectivity index (χ1v) is 11.4. The zero-order valence-corrected chi connectivity index (χ0v) is 19.3. The van der Waals surface area contributed by atoms with E-state index in [1.165, 1.54) is 18.7 Å². The SMILES string of the molecule is COCCCN1C(=O)/C(=C/c2ccc(-c3ccc(C(C)=O)cc3)o2)SC1=Nc1ccccc1. The first-order valence-electron chi connectivity index (χ1n) is 10.6. The van der Waals surface area contributed by atoms with Crippen LogP contribution in [0.5, 0.6) is 0 Å². The molecule has 0 unspecified atom stereocenters. The molecule has 1 fully saturated rings. The van der Waals surface area contributed by atoms with Crippen LogP contribution in [0.3, 0.4) is 0 Å². The average Bonchev–Trinajstić information content (AvgIpc) is 3.40. The summed E-state index contributed by atoms with van der Waals surface area (Å²) >= 11 is 1.33. The minimum Gasteiger partial charge on any atom is -0.457 e. The van der Waals surface area contributed by atoms with Crippen molar-refractivity contribution in [3.63, 3.8) is 0 Å². The van der Waals surface area contributed by atoms with Crippen LogP contribution in [0.25, 0.3) is 17.4 Å². The van der Waals surface area contributed by atoms with Gasteiger partial charge in [0, 0.05) is 37.5 Å². The zero-order chi connectivity index (χ0) is 23.2. The van der Waals surface area contributed by atoms with Crippen LogP contribution in [0.15, 0.2) is 81.0 Å². The number of carbonyl (C=O) groups is 2. The standard InChI is InChI=1S/C26H24N2O4S/c1-18(29)19-9-11-20(12-10-19)23-14-13-22(32-23)17-24-25(30)28(15-6-16-31-2)26(33-24)27-21-7-4-3-5-8-21/h3-5,7-14,17H,6,15-16H2,1-2H3/b24-17-,27-26?. The molecular formula is C26H24N2O4S. The monoisotopic (exact) mass is 460 g/mol. The Bertz CT molecular complexity index is 1200. The molecule has 1 aromatic heterocycles. The number of hydrogen-bond donors (Lipinski definition) is 0. The van der Waals surface area contributed by atoms with Crippen LogP contribution in [0, 0.1) is 0 Å². The van der Waals surface area contributed by atoms with Gasteiger partial charge in [-0.05, 0) is 49.4 Å². The van der Waals surface area contributed by atoms with E-state index in [0.29, 0.717) is 46.7 Å². The lowest BCUT2D eigenvalue weighted by Gasteiger charge is -2.15. The lowest BCUT2D eigenvalue weighted by molar-refractivity contribution is -0.122. The van der Waals surface area contributed by atoms with Crippen molar-refractivity contribution in [2.45, 2.75) is 13.3 Å². The predicted molar refractivity (Wildman–Crippen MR) is 131 cm³/mol. The molecule has 0 saturated carbocycles. The van der Waals surface area contributed by atoms with Gasteiger partial charge in [0.05, 0.1) is 10.6 Å². The molecule has 33 heavy (non-hydrogen) atoms. The van der Waals surface area contributed by atoms with Crippen LogP contribution in [0.4, 0.5) is 5.69 Å². The van der Waals surface area contributed by atoms with Gasteiger partial charge >= 0.3 is 0 Å². The highest BCUT2D eigenvalue weighted by molar-refractivity contribution is 8.18. The molecule has 6 nitrogen and oxygen atoms in total. The van der Waals surface area contributed by atoms with Crippen molar-refractivity contribution in [2.24, 2.45) is 4.99 Å². The van der Waals surface area contributed by atoms with Gasteiger partial charge < -0.3 is 9.15 Å². The number of para-hydroxylation sites is 1. The maximum Gasteiger partial charge on any atom is 0.266 e. The van der Waals surface area contributed by atoms with Crippen LogP contribution in [-0.4, -0.2) is 42.0 Å². The summed E-state index contributed by atoms with van der Waals surface area (Å²) in [4.78, 5) is 31.5. The number of amidine groups is 1. The largest absolute Gasteiger partial charge is 0.457 e. The topological polar surface area (TPSA) is 72.1 Å². The maximum atomic E-state index is 13.1. The van der Waals surface area contributed by atoms with Gasteiger partial charge in [-0.25, -0.2) is 4.99 Å². The van der Waals surface area contributed by atoms with Crippen molar-refractivity contribution in [3.05, 3.63) is 83.0 Å². The molecule has 0 spiro atoms. The van der Waals surface area contributed by atoms with Gasteiger partial charge in [-0.1, -0.05) is 42.5 Å². The summed E-state index contributed by atoms with van der Waals surface area (Å²) in [6.07, 6.45) is 2.46. The highest BCUT2D eigenvalue weighted by atomic mass is 32.2.